The fourth-order valence-corrected chi connectivity index (χ4v) is 3.49. The lowest BCUT2D eigenvalue weighted by Gasteiger charge is -2.44. The molecule has 1 aliphatic carbocycles. The molecule has 0 amide bonds. The lowest BCUT2D eigenvalue weighted by molar-refractivity contribution is -0.0911. The summed E-state index contributed by atoms with van der Waals surface area (Å²) in [6.07, 6.45) is 4.75. The molecule has 3 rings (SSSR count). The molecule has 2 aliphatic rings. The van der Waals surface area contributed by atoms with Crippen molar-refractivity contribution in [3.63, 3.8) is 0 Å². The van der Waals surface area contributed by atoms with Crippen LogP contribution in [0.25, 0.3) is 0 Å². The van der Waals surface area contributed by atoms with Crippen molar-refractivity contribution in [1.29, 1.82) is 0 Å². The number of hydrogen-bond acceptors (Lipinski definition) is 3. The number of fused-ring (bicyclic) bond motifs is 1. The molecule has 1 N–H and O–H groups in total. The van der Waals surface area contributed by atoms with Gasteiger partial charge in [-0.25, -0.2) is 9.18 Å². The summed E-state index contributed by atoms with van der Waals surface area (Å²) in [7, 11) is 0. The molecule has 0 aromatic heterocycles. The van der Waals surface area contributed by atoms with Gasteiger partial charge in [0.05, 0.1) is 18.3 Å². The molecule has 2 atom stereocenters. The van der Waals surface area contributed by atoms with Crippen LogP contribution in [0.2, 0.25) is 0 Å². The molecular formula is C16H20FNO3. The van der Waals surface area contributed by atoms with Crippen molar-refractivity contribution in [3.05, 3.63) is 35.1 Å². The van der Waals surface area contributed by atoms with Crippen LogP contribution in [0.3, 0.4) is 0 Å². The van der Waals surface area contributed by atoms with E-state index in [-0.39, 0.29) is 17.5 Å². The molecule has 1 aliphatic heterocycles. The van der Waals surface area contributed by atoms with E-state index in [9.17, 15) is 14.3 Å². The van der Waals surface area contributed by atoms with Crippen LogP contribution < -0.4 is 0 Å². The third-order valence-corrected chi connectivity index (χ3v) is 4.52. The highest BCUT2D eigenvalue weighted by Crippen LogP contribution is 2.30. The first kappa shape index (κ1) is 14.5. The van der Waals surface area contributed by atoms with Gasteiger partial charge in [0, 0.05) is 19.1 Å². The van der Waals surface area contributed by atoms with E-state index in [1.165, 1.54) is 31.0 Å². The maximum Gasteiger partial charge on any atom is 0.336 e. The van der Waals surface area contributed by atoms with Crippen molar-refractivity contribution >= 4 is 5.97 Å². The van der Waals surface area contributed by atoms with Crippen molar-refractivity contribution in [2.75, 3.05) is 13.2 Å². The van der Waals surface area contributed by atoms with Crippen LogP contribution in [0, 0.1) is 5.82 Å². The number of carboxylic acids is 1. The van der Waals surface area contributed by atoms with Crippen molar-refractivity contribution < 1.29 is 19.0 Å². The highest BCUT2D eigenvalue weighted by molar-refractivity contribution is 5.89. The minimum absolute atomic E-state index is 0.190. The SMILES string of the molecule is O=C(O)c1ccc(F)cc1CN1CCOC2CCCCC21. The minimum atomic E-state index is -1.00. The van der Waals surface area contributed by atoms with Crippen LogP contribution in [0.5, 0.6) is 0 Å². The van der Waals surface area contributed by atoms with E-state index in [1.54, 1.807) is 0 Å². The zero-order valence-corrected chi connectivity index (χ0v) is 11.9. The average molecular weight is 293 g/mol. The molecule has 114 valence electrons. The molecule has 2 unspecified atom stereocenters. The zero-order chi connectivity index (χ0) is 14.8. The molecule has 1 aromatic rings. The fraction of sp³-hybridized carbons (Fsp3) is 0.562. The lowest BCUT2D eigenvalue weighted by Crippen LogP contribution is -2.52. The maximum absolute atomic E-state index is 13.5. The van der Waals surface area contributed by atoms with Gasteiger partial charge in [-0.1, -0.05) is 12.8 Å². The summed E-state index contributed by atoms with van der Waals surface area (Å²) < 4.78 is 19.3. The van der Waals surface area contributed by atoms with Crippen LogP contribution in [-0.4, -0.2) is 41.3 Å². The number of benzene rings is 1. The number of ether oxygens (including phenoxy) is 1. The third kappa shape index (κ3) is 3.09. The largest absolute Gasteiger partial charge is 0.478 e. The Morgan fingerprint density at radius 2 is 2.19 bits per heavy atom. The number of aromatic carboxylic acids is 1. The van der Waals surface area contributed by atoms with Gasteiger partial charge in [-0.05, 0) is 36.6 Å². The Hall–Kier alpha value is -1.46. The number of carbonyl (C=O) groups is 1. The first-order valence-corrected chi connectivity index (χ1v) is 7.52. The van der Waals surface area contributed by atoms with Crippen molar-refractivity contribution in [2.45, 2.75) is 44.4 Å². The van der Waals surface area contributed by atoms with Crippen molar-refractivity contribution in [3.8, 4) is 0 Å². The normalized spacial score (nSPS) is 26.3. The number of halogens is 1. The number of carboxylic acid groups (broad SMARTS) is 1. The molecule has 21 heavy (non-hydrogen) atoms. The van der Waals surface area contributed by atoms with E-state index in [0.717, 1.165) is 19.4 Å². The molecule has 1 saturated heterocycles. The van der Waals surface area contributed by atoms with E-state index in [0.29, 0.717) is 24.8 Å². The summed E-state index contributed by atoms with van der Waals surface area (Å²) in [5, 5.41) is 9.25. The van der Waals surface area contributed by atoms with Gasteiger partial charge in [0.1, 0.15) is 5.82 Å². The van der Waals surface area contributed by atoms with Crippen LogP contribution in [-0.2, 0) is 11.3 Å². The maximum atomic E-state index is 13.5. The summed E-state index contributed by atoms with van der Waals surface area (Å²) in [5.74, 6) is -1.39. The van der Waals surface area contributed by atoms with E-state index in [1.807, 2.05) is 0 Å². The predicted molar refractivity (Wildman–Crippen MR) is 75.8 cm³/mol. The van der Waals surface area contributed by atoms with Gasteiger partial charge in [-0.2, -0.15) is 0 Å². The van der Waals surface area contributed by atoms with Gasteiger partial charge >= 0.3 is 5.97 Å². The molecule has 0 bridgehead atoms. The standard InChI is InChI=1S/C16H20FNO3/c17-12-5-6-13(16(19)20)11(9-12)10-18-7-8-21-15-4-2-1-3-14(15)18/h5-6,9,14-15H,1-4,7-8,10H2,(H,19,20). The van der Waals surface area contributed by atoms with Gasteiger partial charge in [0.2, 0.25) is 0 Å². The fourth-order valence-electron chi connectivity index (χ4n) is 3.49. The Morgan fingerprint density at radius 1 is 1.38 bits per heavy atom. The van der Waals surface area contributed by atoms with Gasteiger partial charge in [-0.3, -0.25) is 4.90 Å². The topological polar surface area (TPSA) is 49.8 Å². The van der Waals surface area contributed by atoms with Crippen LogP contribution in [0.15, 0.2) is 18.2 Å². The molecule has 0 radical (unpaired) electrons. The zero-order valence-electron chi connectivity index (χ0n) is 11.9. The first-order chi connectivity index (χ1) is 10.1. The smallest absolute Gasteiger partial charge is 0.336 e. The van der Waals surface area contributed by atoms with E-state index in [2.05, 4.69) is 4.90 Å². The van der Waals surface area contributed by atoms with Crippen molar-refractivity contribution in [2.24, 2.45) is 0 Å². The van der Waals surface area contributed by atoms with E-state index >= 15 is 0 Å². The molecule has 1 saturated carbocycles. The van der Waals surface area contributed by atoms with Gasteiger partial charge in [0.15, 0.2) is 0 Å². The predicted octanol–water partition coefficient (Wildman–Crippen LogP) is 2.67. The molecule has 2 fully saturated rings. The second kappa shape index (κ2) is 6.12. The molecule has 1 aromatic carbocycles. The Balaban J connectivity index is 1.82. The quantitative estimate of drug-likeness (QED) is 0.931. The second-order valence-corrected chi connectivity index (χ2v) is 5.84. The Kier molecular flexibility index (Phi) is 4.22. The summed E-state index contributed by atoms with van der Waals surface area (Å²) in [6, 6.07) is 4.23. The second-order valence-electron chi connectivity index (χ2n) is 5.84. The summed E-state index contributed by atoms with van der Waals surface area (Å²) in [6.45, 7) is 1.92. The average Bonchev–Trinajstić information content (AvgIpc) is 2.47. The Morgan fingerprint density at radius 3 is 3.00 bits per heavy atom. The summed E-state index contributed by atoms with van der Waals surface area (Å²) in [5.41, 5.74) is 0.740. The van der Waals surface area contributed by atoms with Gasteiger partial charge in [-0.15, -0.1) is 0 Å². The molecular weight excluding hydrogens is 273 g/mol. The molecule has 4 nitrogen and oxygen atoms in total. The molecule has 5 heteroatoms. The highest BCUT2D eigenvalue weighted by atomic mass is 19.1. The molecule has 0 spiro atoms. The molecule has 1 heterocycles. The van der Waals surface area contributed by atoms with Gasteiger partial charge in [0.25, 0.3) is 0 Å². The number of rotatable bonds is 3. The summed E-state index contributed by atoms with van der Waals surface area (Å²) >= 11 is 0. The van der Waals surface area contributed by atoms with E-state index in [4.69, 9.17) is 4.74 Å². The summed E-state index contributed by atoms with van der Waals surface area (Å²) in [4.78, 5) is 13.6. The highest BCUT2D eigenvalue weighted by Gasteiger charge is 2.34. The van der Waals surface area contributed by atoms with Crippen LogP contribution >= 0.6 is 0 Å². The minimum Gasteiger partial charge on any atom is -0.478 e. The monoisotopic (exact) mass is 293 g/mol. The number of morpholine rings is 1. The van der Waals surface area contributed by atoms with Crippen LogP contribution in [0.4, 0.5) is 4.39 Å². The number of nitrogens with zero attached hydrogens (tertiary/aromatic N) is 1. The Labute approximate surface area is 123 Å². The third-order valence-electron chi connectivity index (χ3n) is 4.52. The lowest BCUT2D eigenvalue weighted by atomic mass is 9.89. The number of hydrogen-bond donors (Lipinski definition) is 1. The Bertz CT molecular complexity index is 532. The van der Waals surface area contributed by atoms with Crippen LogP contribution in [0.1, 0.15) is 41.6 Å². The van der Waals surface area contributed by atoms with Crippen molar-refractivity contribution in [1.82, 2.24) is 4.90 Å². The first-order valence-electron chi connectivity index (χ1n) is 7.52. The van der Waals surface area contributed by atoms with Gasteiger partial charge < -0.3 is 9.84 Å². The van der Waals surface area contributed by atoms with E-state index < -0.39 is 5.97 Å².